The van der Waals surface area contributed by atoms with Gasteiger partial charge < -0.3 is 14.3 Å². The van der Waals surface area contributed by atoms with Crippen LogP contribution in [-0.2, 0) is 17.6 Å². The van der Waals surface area contributed by atoms with Crippen molar-refractivity contribution in [3.63, 3.8) is 0 Å². The van der Waals surface area contributed by atoms with E-state index >= 15 is 0 Å². The van der Waals surface area contributed by atoms with E-state index in [1.807, 2.05) is 12.1 Å². The van der Waals surface area contributed by atoms with E-state index in [1.165, 1.54) is 0 Å². The van der Waals surface area contributed by atoms with Gasteiger partial charge in [0.05, 0.1) is 18.2 Å². The molecule has 3 rings (SSSR count). The number of carbonyl (C=O) groups excluding carboxylic acids is 1. The average Bonchev–Trinajstić information content (AvgIpc) is 2.96. The van der Waals surface area contributed by atoms with Crippen LogP contribution in [0.5, 0.6) is 17.2 Å². The molecular formula is C17H13NO3. The number of carbonyl (C=O) groups is 1. The maximum atomic E-state index is 10.7. The van der Waals surface area contributed by atoms with E-state index in [0.29, 0.717) is 30.1 Å². The Morgan fingerprint density at radius 1 is 1.33 bits per heavy atom. The van der Waals surface area contributed by atoms with Crippen LogP contribution in [0.2, 0.25) is 0 Å². The number of hydrogen-bond donors (Lipinski definition) is 0. The number of nitrogens with zero attached hydrogens (tertiary/aromatic N) is 1. The van der Waals surface area contributed by atoms with Crippen molar-refractivity contribution in [3.05, 3.63) is 53.1 Å². The largest absolute Gasteiger partial charge is 0.489 e. The zero-order chi connectivity index (χ0) is 14.7. The molecule has 0 fully saturated rings. The number of aldehydes is 1. The molecule has 0 atom stereocenters. The summed E-state index contributed by atoms with van der Waals surface area (Å²) >= 11 is 0. The molecule has 0 bridgehead atoms. The van der Waals surface area contributed by atoms with Gasteiger partial charge in [0.2, 0.25) is 0 Å². The molecule has 0 unspecified atom stereocenters. The first-order valence-electron chi connectivity index (χ1n) is 6.70. The molecular weight excluding hydrogens is 266 g/mol. The highest BCUT2D eigenvalue weighted by molar-refractivity contribution is 5.60. The Hall–Kier alpha value is -2.80. The highest BCUT2D eigenvalue weighted by Crippen LogP contribution is 2.39. The van der Waals surface area contributed by atoms with Gasteiger partial charge in [0.1, 0.15) is 12.0 Å². The minimum absolute atomic E-state index is 0.349. The Bertz CT molecular complexity index is 731. The van der Waals surface area contributed by atoms with E-state index in [2.05, 4.69) is 6.07 Å². The Morgan fingerprint density at radius 2 is 2.24 bits per heavy atom. The van der Waals surface area contributed by atoms with Gasteiger partial charge in [-0.15, -0.1) is 0 Å². The predicted molar refractivity (Wildman–Crippen MR) is 76.6 cm³/mol. The molecule has 0 saturated carbocycles. The molecule has 4 heteroatoms. The van der Waals surface area contributed by atoms with Gasteiger partial charge in [0.15, 0.2) is 11.5 Å². The molecule has 2 aromatic carbocycles. The fraction of sp³-hybridized carbons (Fsp3) is 0.176. The van der Waals surface area contributed by atoms with E-state index in [-0.39, 0.29) is 0 Å². The first-order valence-corrected chi connectivity index (χ1v) is 6.70. The lowest BCUT2D eigenvalue weighted by atomic mass is 10.1. The number of rotatable bonds is 4. The van der Waals surface area contributed by atoms with Gasteiger partial charge in [-0.05, 0) is 29.8 Å². The Kier molecular flexibility index (Phi) is 3.57. The van der Waals surface area contributed by atoms with Crippen LogP contribution in [0.4, 0.5) is 0 Å². The zero-order valence-corrected chi connectivity index (χ0v) is 11.3. The zero-order valence-electron chi connectivity index (χ0n) is 11.3. The van der Waals surface area contributed by atoms with Gasteiger partial charge in [-0.1, -0.05) is 12.1 Å². The predicted octanol–water partition coefficient (Wildman–Crippen LogP) is 3.03. The van der Waals surface area contributed by atoms with Gasteiger partial charge in [-0.25, -0.2) is 0 Å². The summed E-state index contributed by atoms with van der Waals surface area (Å²) < 4.78 is 11.5. The second-order valence-corrected chi connectivity index (χ2v) is 4.79. The van der Waals surface area contributed by atoms with Crippen molar-refractivity contribution in [2.75, 3.05) is 6.61 Å². The molecule has 0 saturated heterocycles. The van der Waals surface area contributed by atoms with Crippen LogP contribution < -0.4 is 9.47 Å². The minimum Gasteiger partial charge on any atom is -0.489 e. The van der Waals surface area contributed by atoms with Crippen molar-refractivity contribution >= 4 is 6.29 Å². The van der Waals surface area contributed by atoms with Crippen LogP contribution >= 0.6 is 0 Å². The third-order valence-corrected chi connectivity index (χ3v) is 3.32. The first kappa shape index (κ1) is 13.2. The molecule has 21 heavy (non-hydrogen) atoms. The summed E-state index contributed by atoms with van der Waals surface area (Å²) in [4.78, 5) is 10.7. The van der Waals surface area contributed by atoms with Crippen molar-refractivity contribution < 1.29 is 14.3 Å². The highest BCUT2D eigenvalue weighted by atomic mass is 16.5. The summed E-state index contributed by atoms with van der Waals surface area (Å²) in [6.07, 6.45) is 2.04. The molecule has 1 heterocycles. The Labute approximate surface area is 122 Å². The Morgan fingerprint density at radius 3 is 3.05 bits per heavy atom. The summed E-state index contributed by atoms with van der Waals surface area (Å²) in [5.41, 5.74) is 2.50. The molecule has 0 radical (unpaired) electrons. The van der Waals surface area contributed by atoms with E-state index in [0.717, 1.165) is 29.6 Å². The van der Waals surface area contributed by atoms with Crippen LogP contribution in [0.15, 0.2) is 36.4 Å². The van der Waals surface area contributed by atoms with Crippen LogP contribution in [-0.4, -0.2) is 12.9 Å². The summed E-state index contributed by atoms with van der Waals surface area (Å²) in [6, 6.07) is 12.8. The van der Waals surface area contributed by atoms with Crippen molar-refractivity contribution in [1.82, 2.24) is 0 Å². The van der Waals surface area contributed by atoms with E-state index < -0.39 is 0 Å². The van der Waals surface area contributed by atoms with Crippen molar-refractivity contribution in [3.8, 4) is 23.3 Å². The van der Waals surface area contributed by atoms with Gasteiger partial charge in [-0.3, -0.25) is 0 Å². The van der Waals surface area contributed by atoms with Crippen LogP contribution in [0.1, 0.15) is 16.7 Å². The summed E-state index contributed by atoms with van der Waals surface area (Å²) in [6.45, 7) is 0.620. The third kappa shape index (κ3) is 2.72. The molecule has 0 spiro atoms. The van der Waals surface area contributed by atoms with Gasteiger partial charge in [0.25, 0.3) is 0 Å². The molecule has 104 valence electrons. The summed E-state index contributed by atoms with van der Waals surface area (Å²) in [7, 11) is 0. The highest BCUT2D eigenvalue weighted by Gasteiger charge is 2.19. The fourth-order valence-corrected chi connectivity index (χ4v) is 2.38. The molecule has 0 aliphatic carbocycles. The second-order valence-electron chi connectivity index (χ2n) is 4.79. The lowest BCUT2D eigenvalue weighted by Crippen LogP contribution is -1.93. The first-order chi connectivity index (χ1) is 10.3. The maximum absolute atomic E-state index is 10.7. The molecule has 1 aliphatic heterocycles. The molecule has 0 aromatic heterocycles. The van der Waals surface area contributed by atoms with E-state index in [4.69, 9.17) is 14.7 Å². The quantitative estimate of drug-likeness (QED) is 0.807. The minimum atomic E-state index is 0.349. The lowest BCUT2D eigenvalue weighted by molar-refractivity contribution is -0.107. The average molecular weight is 279 g/mol. The van der Waals surface area contributed by atoms with Crippen molar-refractivity contribution in [1.29, 1.82) is 5.26 Å². The van der Waals surface area contributed by atoms with Crippen LogP contribution in [0, 0.1) is 11.3 Å². The van der Waals surface area contributed by atoms with Crippen molar-refractivity contribution in [2.24, 2.45) is 0 Å². The SMILES string of the molecule is N#Cc1cccc(Oc2cc(CC=O)cc3c2OCC3)c1. The fourth-order valence-electron chi connectivity index (χ4n) is 2.38. The number of hydrogen-bond acceptors (Lipinski definition) is 4. The smallest absolute Gasteiger partial charge is 0.169 e. The monoisotopic (exact) mass is 279 g/mol. The molecule has 1 aliphatic rings. The summed E-state index contributed by atoms with van der Waals surface area (Å²) in [5.74, 6) is 1.90. The number of ether oxygens (including phenoxy) is 2. The lowest BCUT2D eigenvalue weighted by Gasteiger charge is -2.11. The molecule has 2 aromatic rings. The standard InChI is InChI=1S/C17H13NO3/c18-11-13-2-1-3-15(9-13)21-16-10-12(4-6-19)8-14-5-7-20-17(14)16/h1-3,6,8-10H,4-5,7H2. The van der Waals surface area contributed by atoms with Crippen LogP contribution in [0.25, 0.3) is 0 Å². The normalized spacial score (nSPS) is 12.1. The Balaban J connectivity index is 1.97. The summed E-state index contributed by atoms with van der Waals surface area (Å²) in [5, 5.41) is 8.93. The van der Waals surface area contributed by atoms with Crippen LogP contribution in [0.3, 0.4) is 0 Å². The van der Waals surface area contributed by atoms with E-state index in [9.17, 15) is 4.79 Å². The van der Waals surface area contributed by atoms with Gasteiger partial charge >= 0.3 is 0 Å². The van der Waals surface area contributed by atoms with Crippen molar-refractivity contribution in [2.45, 2.75) is 12.8 Å². The molecule has 0 amide bonds. The topological polar surface area (TPSA) is 59.3 Å². The number of fused-ring (bicyclic) bond motifs is 1. The maximum Gasteiger partial charge on any atom is 0.169 e. The molecule has 4 nitrogen and oxygen atoms in total. The number of benzene rings is 2. The third-order valence-electron chi connectivity index (χ3n) is 3.32. The number of nitriles is 1. The van der Waals surface area contributed by atoms with E-state index in [1.54, 1.807) is 24.3 Å². The van der Waals surface area contributed by atoms with Gasteiger partial charge in [-0.2, -0.15) is 5.26 Å². The van der Waals surface area contributed by atoms with Gasteiger partial charge in [0, 0.05) is 18.4 Å². The second kappa shape index (κ2) is 5.68. The molecule has 0 N–H and O–H groups in total.